The van der Waals surface area contributed by atoms with E-state index < -0.39 is 4.92 Å². The summed E-state index contributed by atoms with van der Waals surface area (Å²) in [5, 5.41) is 10.7. The lowest BCUT2D eigenvalue weighted by molar-refractivity contribution is -0.385. The highest BCUT2D eigenvalue weighted by atomic mass is 16.6. The molecule has 1 aromatic heterocycles. The first-order valence-electron chi connectivity index (χ1n) is 6.40. The molecule has 0 aliphatic rings. The number of hydrogen-bond donors (Lipinski definition) is 1. The number of aromatic nitrogens is 1. The van der Waals surface area contributed by atoms with Gasteiger partial charge in [-0.05, 0) is 25.3 Å². The minimum absolute atomic E-state index is 0.0519. The summed E-state index contributed by atoms with van der Waals surface area (Å²) in [7, 11) is 1.92. The molecule has 0 aliphatic carbocycles. The van der Waals surface area contributed by atoms with E-state index >= 15 is 0 Å². The lowest BCUT2D eigenvalue weighted by atomic mass is 10.0. The Bertz CT molecular complexity index is 448. The molecule has 6 heteroatoms. The van der Waals surface area contributed by atoms with E-state index in [9.17, 15) is 10.1 Å². The molecule has 0 aliphatic heterocycles. The van der Waals surface area contributed by atoms with E-state index in [1.165, 1.54) is 6.20 Å². The Kier molecular flexibility index (Phi) is 5.23. The van der Waals surface area contributed by atoms with Gasteiger partial charge in [0.05, 0.1) is 4.92 Å². The Morgan fingerprint density at radius 1 is 1.53 bits per heavy atom. The van der Waals surface area contributed by atoms with E-state index in [-0.39, 0.29) is 11.7 Å². The van der Waals surface area contributed by atoms with E-state index in [0.29, 0.717) is 11.5 Å². The van der Waals surface area contributed by atoms with Crippen molar-refractivity contribution in [2.45, 2.75) is 33.2 Å². The number of nitro groups is 1. The highest BCUT2D eigenvalue weighted by molar-refractivity contribution is 5.48. The summed E-state index contributed by atoms with van der Waals surface area (Å²) in [6.07, 6.45) is 2.18. The van der Waals surface area contributed by atoms with Crippen LogP contribution in [0, 0.1) is 23.0 Å². The van der Waals surface area contributed by atoms with Crippen molar-refractivity contribution in [2.75, 3.05) is 18.5 Å². The number of pyridine rings is 1. The van der Waals surface area contributed by atoms with E-state index in [2.05, 4.69) is 18.8 Å². The van der Waals surface area contributed by atoms with Gasteiger partial charge in [0.25, 0.3) is 5.69 Å². The third kappa shape index (κ3) is 4.17. The van der Waals surface area contributed by atoms with Crippen LogP contribution in [0.2, 0.25) is 0 Å². The summed E-state index contributed by atoms with van der Waals surface area (Å²) in [5.74, 6) is 1.18. The van der Waals surface area contributed by atoms with Crippen molar-refractivity contribution in [3.05, 3.63) is 27.9 Å². The molecule has 106 valence electrons. The van der Waals surface area contributed by atoms with Gasteiger partial charge < -0.3 is 10.6 Å². The monoisotopic (exact) mass is 266 g/mol. The van der Waals surface area contributed by atoms with Gasteiger partial charge >= 0.3 is 0 Å². The molecule has 0 aromatic carbocycles. The van der Waals surface area contributed by atoms with E-state index in [0.717, 1.165) is 18.8 Å². The predicted molar refractivity (Wildman–Crippen MR) is 76.3 cm³/mol. The molecular weight excluding hydrogens is 244 g/mol. The molecule has 0 saturated carbocycles. The highest BCUT2D eigenvalue weighted by Crippen LogP contribution is 2.21. The minimum Gasteiger partial charge on any atom is -0.360 e. The maximum Gasteiger partial charge on any atom is 0.290 e. The molecule has 1 atom stereocenters. The van der Waals surface area contributed by atoms with Crippen LogP contribution >= 0.6 is 0 Å². The molecule has 2 N–H and O–H groups in total. The standard InChI is InChI=1S/C13H22N4O2/c1-9(2)11(14)5-6-16(4)13-7-10(3)12(8-15-13)17(18)19/h7-9,11H,5-6,14H2,1-4H3. The molecular formula is C13H22N4O2. The second-order valence-electron chi connectivity index (χ2n) is 5.20. The van der Waals surface area contributed by atoms with Crippen molar-refractivity contribution < 1.29 is 4.92 Å². The van der Waals surface area contributed by atoms with Crippen LogP contribution in [0.5, 0.6) is 0 Å². The number of nitrogens with two attached hydrogens (primary N) is 1. The fraction of sp³-hybridized carbons (Fsp3) is 0.615. The number of aryl methyl sites for hydroxylation is 1. The molecule has 0 amide bonds. The van der Waals surface area contributed by atoms with Crippen LogP contribution in [0.25, 0.3) is 0 Å². The van der Waals surface area contributed by atoms with Crippen LogP contribution in [0.15, 0.2) is 12.3 Å². The van der Waals surface area contributed by atoms with Crippen molar-refractivity contribution in [1.82, 2.24) is 4.98 Å². The Hall–Kier alpha value is -1.69. The van der Waals surface area contributed by atoms with Gasteiger partial charge in [0, 0.05) is 25.2 Å². The molecule has 1 rings (SSSR count). The van der Waals surface area contributed by atoms with E-state index in [1.807, 2.05) is 11.9 Å². The molecule has 0 radical (unpaired) electrons. The maximum atomic E-state index is 10.7. The predicted octanol–water partition coefficient (Wildman–Crippen LogP) is 2.11. The molecule has 1 unspecified atom stereocenters. The zero-order valence-corrected chi connectivity index (χ0v) is 12.0. The zero-order valence-electron chi connectivity index (χ0n) is 12.0. The summed E-state index contributed by atoms with van der Waals surface area (Å²) in [6, 6.07) is 1.89. The lowest BCUT2D eigenvalue weighted by Gasteiger charge is -2.22. The number of anilines is 1. The van der Waals surface area contributed by atoms with E-state index in [4.69, 9.17) is 5.73 Å². The SMILES string of the molecule is Cc1cc(N(C)CCC(N)C(C)C)ncc1[N+](=O)[O-]. The van der Waals surface area contributed by atoms with Crippen LogP contribution in [-0.4, -0.2) is 29.5 Å². The molecule has 6 nitrogen and oxygen atoms in total. The Morgan fingerprint density at radius 3 is 2.63 bits per heavy atom. The molecule has 0 spiro atoms. The van der Waals surface area contributed by atoms with Crippen LogP contribution in [0.1, 0.15) is 25.8 Å². The average molecular weight is 266 g/mol. The maximum absolute atomic E-state index is 10.7. The van der Waals surface area contributed by atoms with Crippen LogP contribution in [0.4, 0.5) is 11.5 Å². The van der Waals surface area contributed by atoms with Gasteiger partial charge in [-0.3, -0.25) is 10.1 Å². The average Bonchev–Trinajstić information content (AvgIpc) is 2.34. The normalized spacial score (nSPS) is 12.5. The molecule has 0 fully saturated rings. The molecule has 0 bridgehead atoms. The fourth-order valence-electron chi connectivity index (χ4n) is 1.72. The second kappa shape index (κ2) is 6.47. The minimum atomic E-state index is -0.416. The lowest BCUT2D eigenvalue weighted by Crippen LogP contribution is -2.32. The smallest absolute Gasteiger partial charge is 0.290 e. The highest BCUT2D eigenvalue weighted by Gasteiger charge is 2.14. The van der Waals surface area contributed by atoms with Gasteiger partial charge in [0.1, 0.15) is 12.0 Å². The van der Waals surface area contributed by atoms with Crippen molar-refractivity contribution >= 4 is 11.5 Å². The van der Waals surface area contributed by atoms with Gasteiger partial charge in [-0.25, -0.2) is 4.98 Å². The largest absolute Gasteiger partial charge is 0.360 e. The first-order valence-corrected chi connectivity index (χ1v) is 6.40. The fourth-order valence-corrected chi connectivity index (χ4v) is 1.72. The quantitative estimate of drug-likeness (QED) is 0.629. The van der Waals surface area contributed by atoms with Crippen LogP contribution in [-0.2, 0) is 0 Å². The topological polar surface area (TPSA) is 85.3 Å². The van der Waals surface area contributed by atoms with Gasteiger partial charge in [0.2, 0.25) is 0 Å². The third-order valence-corrected chi connectivity index (χ3v) is 3.31. The van der Waals surface area contributed by atoms with Gasteiger partial charge in [-0.2, -0.15) is 0 Å². The summed E-state index contributed by atoms with van der Waals surface area (Å²) in [6.45, 7) is 6.69. The van der Waals surface area contributed by atoms with Crippen molar-refractivity contribution in [1.29, 1.82) is 0 Å². The van der Waals surface area contributed by atoms with Crippen molar-refractivity contribution in [3.8, 4) is 0 Å². The Labute approximate surface area is 113 Å². The molecule has 1 aromatic rings. The Morgan fingerprint density at radius 2 is 2.16 bits per heavy atom. The van der Waals surface area contributed by atoms with Gasteiger partial charge in [0.15, 0.2) is 0 Å². The van der Waals surface area contributed by atoms with Crippen LogP contribution < -0.4 is 10.6 Å². The summed E-state index contributed by atoms with van der Waals surface area (Å²) in [4.78, 5) is 16.4. The first-order chi connectivity index (χ1) is 8.82. The molecule has 0 saturated heterocycles. The molecule has 1 heterocycles. The van der Waals surface area contributed by atoms with Crippen molar-refractivity contribution in [2.24, 2.45) is 11.7 Å². The number of hydrogen-bond acceptors (Lipinski definition) is 5. The number of rotatable bonds is 6. The Balaban J connectivity index is 2.70. The summed E-state index contributed by atoms with van der Waals surface area (Å²) < 4.78 is 0. The van der Waals surface area contributed by atoms with E-state index in [1.54, 1.807) is 13.0 Å². The third-order valence-electron chi connectivity index (χ3n) is 3.31. The summed E-state index contributed by atoms with van der Waals surface area (Å²) in [5.41, 5.74) is 6.67. The zero-order chi connectivity index (χ0) is 14.6. The molecule has 19 heavy (non-hydrogen) atoms. The van der Waals surface area contributed by atoms with Crippen molar-refractivity contribution in [3.63, 3.8) is 0 Å². The van der Waals surface area contributed by atoms with Gasteiger partial charge in [-0.1, -0.05) is 13.8 Å². The van der Waals surface area contributed by atoms with Crippen LogP contribution in [0.3, 0.4) is 0 Å². The number of nitrogens with zero attached hydrogens (tertiary/aromatic N) is 3. The summed E-state index contributed by atoms with van der Waals surface area (Å²) >= 11 is 0. The first kappa shape index (κ1) is 15.4. The van der Waals surface area contributed by atoms with Gasteiger partial charge in [-0.15, -0.1) is 0 Å². The second-order valence-corrected chi connectivity index (χ2v) is 5.20.